The molecule has 3 rings (SSSR count). The minimum atomic E-state index is -0.224. The molecule has 0 unspecified atom stereocenters. The Morgan fingerprint density at radius 2 is 1.62 bits per heavy atom. The SMILES string of the molecule is O=Cc1c(CCc2ccc(F)cc2)ccc2ccccc12. The molecule has 104 valence electrons. The molecular weight excluding hydrogens is 263 g/mol. The third-order valence-corrected chi connectivity index (χ3v) is 3.78. The second kappa shape index (κ2) is 5.88. The van der Waals surface area contributed by atoms with Gasteiger partial charge in [0.25, 0.3) is 0 Å². The fourth-order valence-electron chi connectivity index (χ4n) is 2.63. The van der Waals surface area contributed by atoms with Crippen LogP contribution in [0.4, 0.5) is 4.39 Å². The van der Waals surface area contributed by atoms with Gasteiger partial charge in [-0.2, -0.15) is 0 Å². The molecule has 3 aromatic carbocycles. The predicted molar refractivity (Wildman–Crippen MR) is 83.1 cm³/mol. The molecule has 3 aromatic rings. The number of hydrogen-bond acceptors (Lipinski definition) is 1. The molecule has 0 aliphatic heterocycles. The Balaban J connectivity index is 1.90. The van der Waals surface area contributed by atoms with Crippen molar-refractivity contribution in [1.29, 1.82) is 0 Å². The third-order valence-electron chi connectivity index (χ3n) is 3.78. The van der Waals surface area contributed by atoms with Crippen LogP contribution in [0, 0.1) is 5.82 Å². The second-order valence-corrected chi connectivity index (χ2v) is 5.10. The van der Waals surface area contributed by atoms with Crippen molar-refractivity contribution >= 4 is 17.1 Å². The molecule has 0 saturated carbocycles. The Kier molecular flexibility index (Phi) is 3.78. The van der Waals surface area contributed by atoms with E-state index in [1.165, 1.54) is 12.1 Å². The van der Waals surface area contributed by atoms with E-state index in [0.717, 1.165) is 46.6 Å². The molecule has 0 heterocycles. The largest absolute Gasteiger partial charge is 0.298 e. The number of hydrogen-bond donors (Lipinski definition) is 0. The van der Waals surface area contributed by atoms with Crippen LogP contribution in [0.5, 0.6) is 0 Å². The summed E-state index contributed by atoms with van der Waals surface area (Å²) in [6.07, 6.45) is 2.49. The summed E-state index contributed by atoms with van der Waals surface area (Å²) in [5.41, 5.74) is 2.87. The van der Waals surface area contributed by atoms with Crippen molar-refractivity contribution in [2.45, 2.75) is 12.8 Å². The first-order valence-corrected chi connectivity index (χ1v) is 6.98. The van der Waals surface area contributed by atoms with Crippen molar-refractivity contribution in [3.8, 4) is 0 Å². The molecule has 1 nitrogen and oxygen atoms in total. The lowest BCUT2D eigenvalue weighted by Gasteiger charge is -2.09. The molecule has 2 heteroatoms. The first-order chi connectivity index (χ1) is 10.3. The molecule has 0 aliphatic carbocycles. The summed E-state index contributed by atoms with van der Waals surface area (Å²) in [6.45, 7) is 0. The predicted octanol–water partition coefficient (Wildman–Crippen LogP) is 4.58. The van der Waals surface area contributed by atoms with Crippen molar-refractivity contribution in [2.24, 2.45) is 0 Å². The highest BCUT2D eigenvalue weighted by atomic mass is 19.1. The van der Waals surface area contributed by atoms with Crippen LogP contribution in [0.1, 0.15) is 21.5 Å². The first kappa shape index (κ1) is 13.5. The van der Waals surface area contributed by atoms with Gasteiger partial charge >= 0.3 is 0 Å². The van der Waals surface area contributed by atoms with Gasteiger partial charge in [0.05, 0.1) is 0 Å². The zero-order valence-electron chi connectivity index (χ0n) is 11.6. The number of fused-ring (bicyclic) bond motifs is 1. The highest BCUT2D eigenvalue weighted by molar-refractivity contribution is 5.99. The van der Waals surface area contributed by atoms with Crippen LogP contribution in [0.25, 0.3) is 10.8 Å². The van der Waals surface area contributed by atoms with Gasteiger partial charge < -0.3 is 0 Å². The van der Waals surface area contributed by atoms with Gasteiger partial charge in [0.1, 0.15) is 5.82 Å². The van der Waals surface area contributed by atoms with Crippen LogP contribution in [0.2, 0.25) is 0 Å². The van der Waals surface area contributed by atoms with E-state index in [-0.39, 0.29) is 5.82 Å². The van der Waals surface area contributed by atoms with E-state index >= 15 is 0 Å². The molecule has 0 fully saturated rings. The summed E-state index contributed by atoms with van der Waals surface area (Å²) in [4.78, 5) is 11.4. The van der Waals surface area contributed by atoms with Gasteiger partial charge in [-0.15, -0.1) is 0 Å². The highest BCUT2D eigenvalue weighted by Crippen LogP contribution is 2.22. The average molecular weight is 278 g/mol. The van der Waals surface area contributed by atoms with Crippen LogP contribution in [0.3, 0.4) is 0 Å². The molecule has 0 aromatic heterocycles. The minimum absolute atomic E-state index is 0.224. The van der Waals surface area contributed by atoms with Crippen molar-refractivity contribution < 1.29 is 9.18 Å². The van der Waals surface area contributed by atoms with E-state index in [0.29, 0.717) is 0 Å². The number of aryl methyl sites for hydroxylation is 2. The fourth-order valence-corrected chi connectivity index (χ4v) is 2.63. The zero-order chi connectivity index (χ0) is 14.7. The Hall–Kier alpha value is -2.48. The van der Waals surface area contributed by atoms with Gasteiger partial charge in [0.15, 0.2) is 6.29 Å². The molecule has 0 bridgehead atoms. The Morgan fingerprint density at radius 1 is 0.857 bits per heavy atom. The highest BCUT2D eigenvalue weighted by Gasteiger charge is 2.07. The van der Waals surface area contributed by atoms with E-state index < -0.39 is 0 Å². The number of halogens is 1. The molecule has 0 aliphatic rings. The van der Waals surface area contributed by atoms with Crippen molar-refractivity contribution in [3.05, 3.63) is 83.2 Å². The molecule has 0 amide bonds. The molecule has 21 heavy (non-hydrogen) atoms. The van der Waals surface area contributed by atoms with E-state index in [1.54, 1.807) is 12.1 Å². The van der Waals surface area contributed by atoms with Crippen molar-refractivity contribution in [1.82, 2.24) is 0 Å². The Morgan fingerprint density at radius 3 is 2.38 bits per heavy atom. The number of benzene rings is 3. The van der Waals surface area contributed by atoms with E-state index in [2.05, 4.69) is 0 Å². The van der Waals surface area contributed by atoms with Crippen molar-refractivity contribution in [3.63, 3.8) is 0 Å². The van der Waals surface area contributed by atoms with Crippen LogP contribution >= 0.6 is 0 Å². The number of aldehydes is 1. The van der Waals surface area contributed by atoms with E-state index in [9.17, 15) is 9.18 Å². The van der Waals surface area contributed by atoms with Gasteiger partial charge in [-0.1, -0.05) is 48.5 Å². The third kappa shape index (κ3) is 2.84. The molecular formula is C19H15FO. The monoisotopic (exact) mass is 278 g/mol. The first-order valence-electron chi connectivity index (χ1n) is 6.98. The summed E-state index contributed by atoms with van der Waals surface area (Å²) in [7, 11) is 0. The molecule has 0 atom stereocenters. The number of carbonyl (C=O) groups is 1. The summed E-state index contributed by atoms with van der Waals surface area (Å²) in [6, 6.07) is 18.5. The zero-order valence-corrected chi connectivity index (χ0v) is 11.6. The molecule has 0 spiro atoms. The molecule has 0 N–H and O–H groups in total. The topological polar surface area (TPSA) is 17.1 Å². The number of carbonyl (C=O) groups excluding carboxylic acids is 1. The lowest BCUT2D eigenvalue weighted by atomic mass is 9.95. The summed E-state index contributed by atoms with van der Waals surface area (Å²) in [5.74, 6) is -0.224. The lowest BCUT2D eigenvalue weighted by molar-refractivity contribution is 0.112. The van der Waals surface area contributed by atoms with Crippen LogP contribution in [0.15, 0.2) is 60.7 Å². The maximum atomic E-state index is 12.9. The Bertz CT molecular complexity index is 775. The standard InChI is InChI=1S/C19H15FO/c20-17-11-6-14(7-12-17)5-8-16-10-9-15-3-1-2-4-18(15)19(16)13-21/h1-4,6-7,9-13H,5,8H2. The normalized spacial score (nSPS) is 10.7. The quantitative estimate of drug-likeness (QED) is 0.639. The van der Waals surface area contributed by atoms with Gasteiger partial charge in [-0.3, -0.25) is 4.79 Å². The second-order valence-electron chi connectivity index (χ2n) is 5.10. The Labute approximate surface area is 123 Å². The summed E-state index contributed by atoms with van der Waals surface area (Å²) >= 11 is 0. The minimum Gasteiger partial charge on any atom is -0.298 e. The summed E-state index contributed by atoms with van der Waals surface area (Å²) in [5, 5.41) is 2.06. The maximum Gasteiger partial charge on any atom is 0.150 e. The summed E-state index contributed by atoms with van der Waals surface area (Å²) < 4.78 is 12.9. The van der Waals surface area contributed by atoms with Crippen molar-refractivity contribution in [2.75, 3.05) is 0 Å². The number of rotatable bonds is 4. The smallest absolute Gasteiger partial charge is 0.150 e. The van der Waals surface area contributed by atoms with Crippen LogP contribution in [-0.2, 0) is 12.8 Å². The molecule has 0 saturated heterocycles. The van der Waals surface area contributed by atoms with Crippen LogP contribution < -0.4 is 0 Å². The van der Waals surface area contributed by atoms with Crippen LogP contribution in [-0.4, -0.2) is 6.29 Å². The molecule has 0 radical (unpaired) electrons. The van der Waals surface area contributed by atoms with Gasteiger partial charge in [-0.25, -0.2) is 4.39 Å². The fraction of sp³-hybridized carbons (Fsp3) is 0.105. The maximum absolute atomic E-state index is 12.9. The van der Waals surface area contributed by atoms with Gasteiger partial charge in [0.2, 0.25) is 0 Å². The van der Waals surface area contributed by atoms with Gasteiger partial charge in [0, 0.05) is 5.56 Å². The average Bonchev–Trinajstić information content (AvgIpc) is 2.53. The van der Waals surface area contributed by atoms with E-state index in [1.807, 2.05) is 36.4 Å². The van der Waals surface area contributed by atoms with E-state index in [4.69, 9.17) is 0 Å². The van der Waals surface area contributed by atoms with Gasteiger partial charge in [-0.05, 0) is 46.9 Å². The lowest BCUT2D eigenvalue weighted by Crippen LogP contribution is -1.97.